The number of nitrogens with zero attached hydrogens (tertiary/aromatic N) is 3. The summed E-state index contributed by atoms with van der Waals surface area (Å²) in [6.07, 6.45) is 1.71. The SMILES string of the molecule is CC(C)N1C[C@@H]2C3c4ccccc4CCc4ccc(cc43)S(=O)Nc3nc(=O)c(O)c(n32)C1=O. The van der Waals surface area contributed by atoms with E-state index in [0.717, 1.165) is 29.5 Å². The minimum absolute atomic E-state index is 0.0311. The standard InChI is InChI=1S/C25H24N4O4S/c1-13(2)28-12-19-20-17-6-4-3-5-14(17)7-8-15-9-10-16(11-18(15)20)34(33)27-25-26-23(31)22(30)21(24(28)32)29(19)25/h3-6,9-11,13,19-20,30H,7-8,12H2,1-2H3,(H,26,27,31)/t19-,20?,34?/m1/s1. The first-order chi connectivity index (χ1) is 16.3. The highest BCUT2D eigenvalue weighted by Crippen LogP contribution is 2.46. The van der Waals surface area contributed by atoms with Crippen LogP contribution in [0.1, 0.15) is 58.5 Å². The Bertz CT molecular complexity index is 1450. The van der Waals surface area contributed by atoms with Gasteiger partial charge in [-0.1, -0.05) is 30.3 Å². The summed E-state index contributed by atoms with van der Waals surface area (Å²) in [6, 6.07) is 13.6. The predicted molar refractivity (Wildman–Crippen MR) is 128 cm³/mol. The van der Waals surface area contributed by atoms with Gasteiger partial charge in [-0.15, -0.1) is 0 Å². The van der Waals surface area contributed by atoms with Crippen molar-refractivity contribution < 1.29 is 14.1 Å². The maximum absolute atomic E-state index is 13.5. The van der Waals surface area contributed by atoms with E-state index < -0.39 is 28.2 Å². The number of amides is 1. The summed E-state index contributed by atoms with van der Waals surface area (Å²) >= 11 is 0. The van der Waals surface area contributed by atoms with E-state index in [9.17, 15) is 18.9 Å². The topological polar surface area (TPSA) is 105 Å². The zero-order valence-electron chi connectivity index (χ0n) is 18.8. The lowest BCUT2D eigenvalue weighted by Gasteiger charge is -2.42. The Morgan fingerprint density at radius 3 is 2.59 bits per heavy atom. The summed E-state index contributed by atoms with van der Waals surface area (Å²) in [5, 5.41) is 10.8. The number of nitrogens with one attached hydrogen (secondary N) is 1. The molecule has 2 aromatic carbocycles. The predicted octanol–water partition coefficient (Wildman–Crippen LogP) is 2.73. The maximum atomic E-state index is 13.5. The van der Waals surface area contributed by atoms with Crippen LogP contribution in [0.4, 0.5) is 5.95 Å². The molecule has 1 aliphatic carbocycles. The van der Waals surface area contributed by atoms with Gasteiger partial charge < -0.3 is 10.0 Å². The second-order valence-corrected chi connectivity index (χ2v) is 10.5. The molecule has 0 radical (unpaired) electrons. The van der Waals surface area contributed by atoms with E-state index in [-0.39, 0.29) is 29.6 Å². The Labute approximate surface area is 198 Å². The third kappa shape index (κ3) is 2.96. The molecule has 3 aliphatic rings. The third-order valence-corrected chi connectivity index (χ3v) is 8.24. The molecule has 3 aromatic rings. The van der Waals surface area contributed by atoms with Gasteiger partial charge in [0.05, 0.1) is 10.9 Å². The largest absolute Gasteiger partial charge is 0.501 e. The van der Waals surface area contributed by atoms with Crippen LogP contribution in [0.2, 0.25) is 0 Å². The van der Waals surface area contributed by atoms with E-state index in [2.05, 4.69) is 21.8 Å². The number of hydrogen-bond donors (Lipinski definition) is 2. The van der Waals surface area contributed by atoms with Crippen LogP contribution in [0, 0.1) is 0 Å². The first-order valence-corrected chi connectivity index (χ1v) is 12.6. The van der Waals surface area contributed by atoms with E-state index in [1.807, 2.05) is 44.2 Å². The normalized spacial score (nSPS) is 22.6. The van der Waals surface area contributed by atoms with Crippen LogP contribution < -0.4 is 10.3 Å². The molecule has 2 aliphatic heterocycles. The van der Waals surface area contributed by atoms with Crippen molar-refractivity contribution in [2.24, 2.45) is 0 Å². The van der Waals surface area contributed by atoms with Gasteiger partial charge in [-0.25, -0.2) is 4.21 Å². The van der Waals surface area contributed by atoms with Crippen LogP contribution in [0.25, 0.3) is 0 Å². The minimum atomic E-state index is -1.70. The highest BCUT2D eigenvalue weighted by Gasteiger charge is 2.43. The fraction of sp³-hybridized carbons (Fsp3) is 0.320. The zero-order valence-corrected chi connectivity index (χ0v) is 19.6. The van der Waals surface area contributed by atoms with Crippen LogP contribution in [-0.4, -0.2) is 42.3 Å². The Morgan fingerprint density at radius 1 is 1.09 bits per heavy atom. The molecule has 8 nitrogen and oxygen atoms in total. The summed E-state index contributed by atoms with van der Waals surface area (Å²) in [5.74, 6) is -1.28. The van der Waals surface area contributed by atoms with Gasteiger partial charge in [-0.3, -0.25) is 18.9 Å². The Balaban J connectivity index is 1.74. The number of aryl methyl sites for hydroxylation is 2. The van der Waals surface area contributed by atoms with Crippen molar-refractivity contribution in [3.05, 3.63) is 80.8 Å². The molecule has 3 atom stereocenters. The molecule has 2 unspecified atom stereocenters. The second-order valence-electron chi connectivity index (χ2n) is 9.33. The van der Waals surface area contributed by atoms with Gasteiger partial charge in [0.1, 0.15) is 0 Å². The van der Waals surface area contributed by atoms with Crippen LogP contribution in [0.3, 0.4) is 0 Å². The van der Waals surface area contributed by atoms with Crippen molar-refractivity contribution in [3.63, 3.8) is 0 Å². The summed E-state index contributed by atoms with van der Waals surface area (Å²) in [7, 11) is -1.70. The molecular weight excluding hydrogens is 452 g/mol. The molecule has 0 saturated carbocycles. The summed E-state index contributed by atoms with van der Waals surface area (Å²) in [5.41, 5.74) is 3.53. The Hall–Kier alpha value is -3.46. The van der Waals surface area contributed by atoms with E-state index in [0.29, 0.717) is 11.4 Å². The molecule has 34 heavy (non-hydrogen) atoms. The van der Waals surface area contributed by atoms with Crippen molar-refractivity contribution in [3.8, 4) is 5.75 Å². The van der Waals surface area contributed by atoms with Crippen LogP contribution in [0.15, 0.2) is 52.2 Å². The van der Waals surface area contributed by atoms with E-state index >= 15 is 0 Å². The van der Waals surface area contributed by atoms with Crippen molar-refractivity contribution in [1.82, 2.24) is 14.5 Å². The van der Waals surface area contributed by atoms with Gasteiger partial charge in [0.15, 0.2) is 16.7 Å². The Morgan fingerprint density at radius 2 is 1.82 bits per heavy atom. The lowest BCUT2D eigenvalue weighted by molar-refractivity contribution is 0.0588. The minimum Gasteiger partial charge on any atom is -0.501 e. The second kappa shape index (κ2) is 7.53. The number of rotatable bonds is 1. The molecule has 2 bridgehead atoms. The smallest absolute Gasteiger partial charge is 0.317 e. The van der Waals surface area contributed by atoms with E-state index in [1.165, 1.54) is 5.56 Å². The number of benzene rings is 2. The van der Waals surface area contributed by atoms with Crippen molar-refractivity contribution in [2.45, 2.75) is 49.6 Å². The molecule has 174 valence electrons. The Kier molecular flexibility index (Phi) is 4.67. The first kappa shape index (κ1) is 21.1. The molecule has 6 rings (SSSR count). The quantitative estimate of drug-likeness (QED) is 0.562. The van der Waals surface area contributed by atoms with Gasteiger partial charge in [0, 0.05) is 18.5 Å². The molecule has 2 N–H and O–H groups in total. The molecular formula is C25H24N4O4S. The fourth-order valence-corrected chi connectivity index (χ4v) is 6.44. The lowest BCUT2D eigenvalue weighted by atomic mass is 9.81. The molecule has 0 fully saturated rings. The number of aromatic hydroxyl groups is 1. The van der Waals surface area contributed by atoms with E-state index in [1.54, 1.807) is 9.47 Å². The van der Waals surface area contributed by atoms with Crippen LogP contribution in [0.5, 0.6) is 5.75 Å². The average Bonchev–Trinajstić information content (AvgIpc) is 2.96. The fourth-order valence-electron chi connectivity index (χ4n) is 5.59. The molecule has 1 aromatic heterocycles. The molecule has 3 heterocycles. The number of hydrogen-bond acceptors (Lipinski definition) is 5. The van der Waals surface area contributed by atoms with Crippen molar-refractivity contribution >= 4 is 22.8 Å². The zero-order chi connectivity index (χ0) is 23.7. The molecule has 0 saturated heterocycles. The average molecular weight is 477 g/mol. The van der Waals surface area contributed by atoms with Gasteiger partial charge >= 0.3 is 5.56 Å². The van der Waals surface area contributed by atoms with E-state index in [4.69, 9.17) is 0 Å². The maximum Gasteiger partial charge on any atom is 0.317 e. The van der Waals surface area contributed by atoms with Crippen molar-refractivity contribution in [1.29, 1.82) is 0 Å². The highest BCUT2D eigenvalue weighted by molar-refractivity contribution is 7.86. The first-order valence-electron chi connectivity index (χ1n) is 11.4. The number of carbonyl (C=O) groups excluding carboxylic acids is 1. The summed E-state index contributed by atoms with van der Waals surface area (Å²) < 4.78 is 17.7. The number of carbonyl (C=O) groups is 1. The van der Waals surface area contributed by atoms with Crippen molar-refractivity contribution in [2.75, 3.05) is 11.3 Å². The summed E-state index contributed by atoms with van der Waals surface area (Å²) in [4.78, 5) is 32.4. The monoisotopic (exact) mass is 476 g/mol. The van der Waals surface area contributed by atoms with Gasteiger partial charge in [-0.2, -0.15) is 4.98 Å². The molecule has 1 amide bonds. The van der Waals surface area contributed by atoms with Crippen LogP contribution in [-0.2, 0) is 23.8 Å². The van der Waals surface area contributed by atoms with Gasteiger partial charge in [0.25, 0.3) is 5.91 Å². The molecule has 9 heteroatoms. The number of aromatic nitrogens is 2. The highest BCUT2D eigenvalue weighted by atomic mass is 32.2. The van der Waals surface area contributed by atoms with Crippen LogP contribution >= 0.6 is 0 Å². The van der Waals surface area contributed by atoms with Gasteiger partial charge in [0.2, 0.25) is 11.7 Å². The molecule has 0 spiro atoms. The van der Waals surface area contributed by atoms with Gasteiger partial charge in [-0.05, 0) is 61.1 Å². The third-order valence-electron chi connectivity index (χ3n) is 7.19. The lowest BCUT2D eigenvalue weighted by Crippen LogP contribution is -2.49. The summed E-state index contributed by atoms with van der Waals surface area (Å²) in [6.45, 7) is 4.19. The number of anilines is 1. The number of fused-ring (bicyclic) bond motifs is 4.